The first-order chi connectivity index (χ1) is 7.81. The van der Waals surface area contributed by atoms with Gasteiger partial charge in [0.2, 0.25) is 0 Å². The van der Waals surface area contributed by atoms with Crippen LogP contribution in [0.15, 0.2) is 12.7 Å². The lowest BCUT2D eigenvalue weighted by Gasteiger charge is -2.23. The topological polar surface area (TPSA) is 69.6 Å². The highest BCUT2D eigenvalue weighted by atomic mass is 16.4. The molecule has 0 heterocycles. The quantitative estimate of drug-likeness (QED) is 0.527. The highest BCUT2D eigenvalue weighted by molar-refractivity contribution is 5.77. The minimum atomic E-state index is -0.947. The van der Waals surface area contributed by atoms with Crippen LogP contribution in [0.3, 0.4) is 0 Å². The van der Waals surface area contributed by atoms with Gasteiger partial charge in [-0.1, -0.05) is 6.08 Å². The van der Waals surface area contributed by atoms with Gasteiger partial charge >= 0.3 is 12.0 Å². The van der Waals surface area contributed by atoms with Crippen LogP contribution in [0, 0.1) is 5.41 Å². The Labute approximate surface area is 102 Å². The van der Waals surface area contributed by atoms with Crippen molar-refractivity contribution in [3.63, 3.8) is 0 Å². The highest BCUT2D eigenvalue weighted by Crippen LogP contribution is 2.13. The van der Waals surface area contributed by atoms with Gasteiger partial charge in [0.15, 0.2) is 0 Å². The molecule has 0 aliphatic heterocycles. The second-order valence-electron chi connectivity index (χ2n) is 4.70. The van der Waals surface area contributed by atoms with Gasteiger partial charge in [-0.2, -0.15) is 0 Å². The first-order valence-corrected chi connectivity index (χ1v) is 5.64. The van der Waals surface area contributed by atoms with Crippen LogP contribution in [0.4, 0.5) is 4.79 Å². The third-order valence-electron chi connectivity index (χ3n) is 2.51. The van der Waals surface area contributed by atoms with Gasteiger partial charge in [-0.25, -0.2) is 4.79 Å². The molecule has 0 saturated carbocycles. The fourth-order valence-corrected chi connectivity index (χ4v) is 1.08. The molecule has 5 nitrogen and oxygen atoms in total. The molecule has 2 N–H and O–H groups in total. The number of urea groups is 1. The van der Waals surface area contributed by atoms with Crippen molar-refractivity contribution in [3.05, 3.63) is 12.7 Å². The highest BCUT2D eigenvalue weighted by Gasteiger charge is 2.27. The SMILES string of the molecule is C=CCCCN(C)C(=O)NCC(C)(C)C(=O)O. The lowest BCUT2D eigenvalue weighted by Crippen LogP contribution is -2.44. The molecule has 0 aromatic carbocycles. The number of carbonyl (C=O) groups excluding carboxylic acids is 1. The Kier molecular flexibility index (Phi) is 6.31. The Bertz CT molecular complexity index is 287. The van der Waals surface area contributed by atoms with Crippen LogP contribution >= 0.6 is 0 Å². The molecule has 0 saturated heterocycles. The Morgan fingerprint density at radius 2 is 2.06 bits per heavy atom. The van der Waals surface area contributed by atoms with Crippen molar-refractivity contribution in [2.75, 3.05) is 20.1 Å². The number of carboxylic acids is 1. The summed E-state index contributed by atoms with van der Waals surface area (Å²) in [6, 6.07) is -0.247. The van der Waals surface area contributed by atoms with Crippen LogP contribution in [-0.4, -0.2) is 42.1 Å². The van der Waals surface area contributed by atoms with Gasteiger partial charge in [0.05, 0.1) is 5.41 Å². The number of unbranched alkanes of at least 4 members (excludes halogenated alkanes) is 1. The first kappa shape index (κ1) is 15.5. The number of carbonyl (C=O) groups is 2. The van der Waals surface area contributed by atoms with Crippen LogP contribution in [0.1, 0.15) is 26.7 Å². The van der Waals surface area contributed by atoms with Gasteiger partial charge in [-0.05, 0) is 26.7 Å². The first-order valence-electron chi connectivity index (χ1n) is 5.64. The van der Waals surface area contributed by atoms with Gasteiger partial charge < -0.3 is 15.3 Å². The molecule has 0 rings (SSSR count). The molecule has 0 atom stereocenters. The van der Waals surface area contributed by atoms with E-state index in [0.29, 0.717) is 6.54 Å². The smallest absolute Gasteiger partial charge is 0.317 e. The summed E-state index contributed by atoms with van der Waals surface area (Å²) in [5.74, 6) is -0.924. The molecule has 0 radical (unpaired) electrons. The monoisotopic (exact) mass is 242 g/mol. The summed E-state index contributed by atoms with van der Waals surface area (Å²) >= 11 is 0. The molecular formula is C12H22N2O3. The standard InChI is InChI=1S/C12H22N2O3/c1-5-6-7-8-14(4)11(17)13-9-12(2,3)10(15)16/h5H,1,6-9H2,2-4H3,(H,13,17)(H,15,16). The van der Waals surface area contributed by atoms with Crippen molar-refractivity contribution in [3.8, 4) is 0 Å². The van der Waals surface area contributed by atoms with E-state index in [4.69, 9.17) is 5.11 Å². The number of hydrogen-bond donors (Lipinski definition) is 2. The lowest BCUT2D eigenvalue weighted by atomic mass is 9.94. The number of amides is 2. The Morgan fingerprint density at radius 3 is 2.53 bits per heavy atom. The zero-order valence-corrected chi connectivity index (χ0v) is 10.8. The lowest BCUT2D eigenvalue weighted by molar-refractivity contribution is -0.146. The molecule has 0 unspecified atom stereocenters. The zero-order valence-electron chi connectivity index (χ0n) is 10.8. The molecular weight excluding hydrogens is 220 g/mol. The zero-order chi connectivity index (χ0) is 13.5. The van der Waals surface area contributed by atoms with Crippen LogP contribution in [0.2, 0.25) is 0 Å². The molecule has 0 bridgehead atoms. The minimum absolute atomic E-state index is 0.118. The van der Waals surface area contributed by atoms with Gasteiger partial charge in [-0.15, -0.1) is 6.58 Å². The van der Waals surface area contributed by atoms with Crippen molar-refractivity contribution in [1.29, 1.82) is 0 Å². The number of nitrogens with zero attached hydrogens (tertiary/aromatic N) is 1. The maximum atomic E-state index is 11.6. The Morgan fingerprint density at radius 1 is 1.47 bits per heavy atom. The molecule has 5 heteroatoms. The van der Waals surface area contributed by atoms with E-state index in [1.165, 1.54) is 0 Å². The fourth-order valence-electron chi connectivity index (χ4n) is 1.08. The summed E-state index contributed by atoms with van der Waals surface area (Å²) in [5, 5.41) is 11.5. The number of rotatable bonds is 7. The molecule has 0 aliphatic rings. The number of nitrogens with one attached hydrogen (secondary N) is 1. The van der Waals surface area contributed by atoms with Crippen LogP contribution < -0.4 is 5.32 Å². The third kappa shape index (κ3) is 5.94. The number of hydrogen-bond acceptors (Lipinski definition) is 2. The van der Waals surface area contributed by atoms with Crippen LogP contribution in [0.25, 0.3) is 0 Å². The normalized spacial score (nSPS) is 10.8. The molecule has 0 aromatic heterocycles. The molecule has 17 heavy (non-hydrogen) atoms. The molecule has 0 aliphatic carbocycles. The van der Waals surface area contributed by atoms with E-state index in [-0.39, 0.29) is 12.6 Å². The van der Waals surface area contributed by atoms with E-state index in [1.807, 2.05) is 0 Å². The van der Waals surface area contributed by atoms with E-state index in [0.717, 1.165) is 12.8 Å². The minimum Gasteiger partial charge on any atom is -0.481 e. The van der Waals surface area contributed by atoms with Crippen LogP contribution in [0.5, 0.6) is 0 Å². The summed E-state index contributed by atoms with van der Waals surface area (Å²) in [6.45, 7) is 7.51. The van der Waals surface area contributed by atoms with Crippen molar-refractivity contribution in [2.45, 2.75) is 26.7 Å². The maximum absolute atomic E-state index is 11.6. The molecule has 0 spiro atoms. The average Bonchev–Trinajstić information content (AvgIpc) is 2.26. The summed E-state index contributed by atoms with van der Waals surface area (Å²) in [7, 11) is 1.69. The van der Waals surface area contributed by atoms with E-state index in [9.17, 15) is 9.59 Å². The molecule has 2 amide bonds. The van der Waals surface area contributed by atoms with E-state index >= 15 is 0 Å². The van der Waals surface area contributed by atoms with Gasteiger partial charge in [0.1, 0.15) is 0 Å². The van der Waals surface area contributed by atoms with E-state index < -0.39 is 11.4 Å². The number of carboxylic acid groups (broad SMARTS) is 1. The van der Waals surface area contributed by atoms with Gasteiger partial charge in [-0.3, -0.25) is 4.79 Å². The van der Waals surface area contributed by atoms with E-state index in [1.54, 1.807) is 31.9 Å². The Hall–Kier alpha value is -1.52. The van der Waals surface area contributed by atoms with Crippen molar-refractivity contribution < 1.29 is 14.7 Å². The molecule has 0 aromatic rings. The second kappa shape index (κ2) is 6.93. The molecule has 98 valence electrons. The van der Waals surface area contributed by atoms with Crippen molar-refractivity contribution >= 4 is 12.0 Å². The number of allylic oxidation sites excluding steroid dienone is 1. The van der Waals surface area contributed by atoms with Gasteiger partial charge in [0, 0.05) is 20.1 Å². The summed E-state index contributed by atoms with van der Waals surface area (Å²) in [4.78, 5) is 24.0. The second-order valence-corrected chi connectivity index (χ2v) is 4.70. The van der Waals surface area contributed by atoms with Crippen molar-refractivity contribution in [1.82, 2.24) is 10.2 Å². The summed E-state index contributed by atoms with van der Waals surface area (Å²) in [5.41, 5.74) is -0.947. The van der Waals surface area contributed by atoms with Crippen LogP contribution in [-0.2, 0) is 4.79 Å². The maximum Gasteiger partial charge on any atom is 0.317 e. The molecule has 0 fully saturated rings. The predicted octanol–water partition coefficient (Wildman–Crippen LogP) is 1.70. The third-order valence-corrected chi connectivity index (χ3v) is 2.51. The largest absolute Gasteiger partial charge is 0.481 e. The fraction of sp³-hybridized carbons (Fsp3) is 0.667. The Balaban J connectivity index is 4.00. The number of aliphatic carboxylic acids is 1. The summed E-state index contributed by atoms with van der Waals surface area (Å²) < 4.78 is 0. The van der Waals surface area contributed by atoms with E-state index in [2.05, 4.69) is 11.9 Å². The predicted molar refractivity (Wildman–Crippen MR) is 66.9 cm³/mol. The van der Waals surface area contributed by atoms with Crippen molar-refractivity contribution in [2.24, 2.45) is 5.41 Å². The average molecular weight is 242 g/mol. The summed E-state index contributed by atoms with van der Waals surface area (Å²) in [6.07, 6.45) is 3.52. The van der Waals surface area contributed by atoms with Gasteiger partial charge in [0.25, 0.3) is 0 Å².